The Morgan fingerprint density at radius 2 is 2.19 bits per heavy atom. The predicted octanol–water partition coefficient (Wildman–Crippen LogP) is 1.52. The van der Waals surface area contributed by atoms with Gasteiger partial charge in [-0.25, -0.2) is 0 Å². The highest BCUT2D eigenvalue weighted by molar-refractivity contribution is 7.80. The van der Waals surface area contributed by atoms with E-state index >= 15 is 0 Å². The molecule has 0 atom stereocenters. The average molecular weight is 240 g/mol. The zero-order chi connectivity index (χ0) is 12.3. The Labute approximate surface area is 100 Å². The van der Waals surface area contributed by atoms with E-state index in [0.29, 0.717) is 12.3 Å². The van der Waals surface area contributed by atoms with Gasteiger partial charge < -0.3 is 15.5 Å². The molecule has 0 saturated heterocycles. The van der Waals surface area contributed by atoms with Crippen molar-refractivity contribution in [2.24, 2.45) is 11.1 Å². The first-order chi connectivity index (χ1) is 7.34. The average Bonchev–Trinajstić information content (AvgIpc) is 2.60. The monoisotopic (exact) mass is 240 g/mol. The molecule has 0 aliphatic rings. The lowest BCUT2D eigenvalue weighted by molar-refractivity contribution is -0.126. The van der Waals surface area contributed by atoms with Gasteiger partial charge >= 0.3 is 0 Å². The van der Waals surface area contributed by atoms with E-state index in [1.54, 1.807) is 13.8 Å². The summed E-state index contributed by atoms with van der Waals surface area (Å²) in [7, 11) is 0. The molecule has 1 heterocycles. The van der Waals surface area contributed by atoms with Crippen LogP contribution in [0.5, 0.6) is 0 Å². The Morgan fingerprint density at radius 1 is 1.56 bits per heavy atom. The minimum atomic E-state index is -0.836. The van der Waals surface area contributed by atoms with E-state index in [1.807, 2.05) is 19.1 Å². The lowest BCUT2D eigenvalue weighted by Crippen LogP contribution is -2.44. The summed E-state index contributed by atoms with van der Waals surface area (Å²) < 4.78 is 5.33. The molecule has 1 rings (SSSR count). The molecule has 88 valence electrons. The maximum absolute atomic E-state index is 11.8. The van der Waals surface area contributed by atoms with E-state index in [4.69, 9.17) is 22.4 Å². The van der Waals surface area contributed by atoms with Crippen LogP contribution >= 0.6 is 12.2 Å². The normalized spacial score (nSPS) is 11.2. The molecular weight excluding hydrogens is 224 g/mol. The lowest BCUT2D eigenvalue weighted by atomic mass is 9.92. The Hall–Kier alpha value is -1.36. The predicted molar refractivity (Wildman–Crippen MR) is 65.9 cm³/mol. The fourth-order valence-corrected chi connectivity index (χ4v) is 1.17. The number of carbonyl (C=O) groups excluding carboxylic acids is 1. The molecule has 3 N–H and O–H groups in total. The molecule has 0 aliphatic heterocycles. The minimum absolute atomic E-state index is 0.181. The zero-order valence-corrected chi connectivity index (χ0v) is 10.5. The summed E-state index contributed by atoms with van der Waals surface area (Å²) in [4.78, 5) is 11.9. The zero-order valence-electron chi connectivity index (χ0n) is 9.66. The van der Waals surface area contributed by atoms with E-state index in [-0.39, 0.29) is 10.9 Å². The van der Waals surface area contributed by atoms with Gasteiger partial charge in [-0.3, -0.25) is 4.79 Å². The highest BCUT2D eigenvalue weighted by Gasteiger charge is 2.30. The van der Waals surface area contributed by atoms with Crippen molar-refractivity contribution >= 4 is 23.1 Å². The van der Waals surface area contributed by atoms with E-state index < -0.39 is 5.41 Å². The van der Waals surface area contributed by atoms with Gasteiger partial charge in [0.25, 0.3) is 0 Å². The molecule has 0 bridgehead atoms. The van der Waals surface area contributed by atoms with Gasteiger partial charge in [-0.2, -0.15) is 0 Å². The molecular formula is C11H16N2O2S. The van der Waals surface area contributed by atoms with Gasteiger partial charge in [0, 0.05) is 0 Å². The van der Waals surface area contributed by atoms with Crippen LogP contribution in [0.3, 0.4) is 0 Å². The van der Waals surface area contributed by atoms with E-state index in [1.165, 1.54) is 0 Å². The van der Waals surface area contributed by atoms with Gasteiger partial charge in [0.15, 0.2) is 0 Å². The fourth-order valence-electron chi connectivity index (χ4n) is 1.08. The Kier molecular flexibility index (Phi) is 3.70. The lowest BCUT2D eigenvalue weighted by Gasteiger charge is -2.21. The smallest absolute Gasteiger partial charge is 0.232 e. The molecule has 0 saturated carbocycles. The Balaban J connectivity index is 2.56. The third kappa shape index (κ3) is 2.82. The van der Waals surface area contributed by atoms with Crippen LogP contribution in [-0.2, 0) is 11.3 Å². The van der Waals surface area contributed by atoms with Gasteiger partial charge in [0.2, 0.25) is 5.91 Å². The molecule has 5 heteroatoms. The molecule has 1 aromatic rings. The summed E-state index contributed by atoms with van der Waals surface area (Å²) in [6.45, 7) is 5.58. The summed E-state index contributed by atoms with van der Waals surface area (Å²) in [5.41, 5.74) is 4.66. The quantitative estimate of drug-likeness (QED) is 0.783. The van der Waals surface area contributed by atoms with Crippen LogP contribution in [0.25, 0.3) is 0 Å². The molecule has 0 aliphatic carbocycles. The van der Waals surface area contributed by atoms with E-state index in [2.05, 4.69) is 5.32 Å². The number of amides is 1. The molecule has 0 fully saturated rings. The number of aryl methyl sites for hydroxylation is 1. The maximum Gasteiger partial charge on any atom is 0.232 e. The Morgan fingerprint density at radius 3 is 2.62 bits per heavy atom. The largest absolute Gasteiger partial charge is 0.465 e. The van der Waals surface area contributed by atoms with Crippen LogP contribution in [0.1, 0.15) is 25.4 Å². The number of rotatable bonds is 4. The number of nitrogens with one attached hydrogen (secondary N) is 1. The van der Waals surface area contributed by atoms with E-state index in [0.717, 1.165) is 5.76 Å². The van der Waals surface area contributed by atoms with Crippen molar-refractivity contribution in [2.75, 3.05) is 0 Å². The van der Waals surface area contributed by atoms with Crippen molar-refractivity contribution in [3.63, 3.8) is 0 Å². The van der Waals surface area contributed by atoms with Crippen LogP contribution in [0.2, 0.25) is 0 Å². The van der Waals surface area contributed by atoms with Crippen molar-refractivity contribution in [3.8, 4) is 0 Å². The first-order valence-electron chi connectivity index (χ1n) is 4.97. The topological polar surface area (TPSA) is 68.3 Å². The van der Waals surface area contributed by atoms with Crippen LogP contribution in [-0.4, -0.2) is 10.9 Å². The highest BCUT2D eigenvalue weighted by atomic mass is 32.1. The highest BCUT2D eigenvalue weighted by Crippen LogP contribution is 2.16. The van der Waals surface area contributed by atoms with Crippen molar-refractivity contribution in [2.45, 2.75) is 27.3 Å². The van der Waals surface area contributed by atoms with Crippen LogP contribution in [0, 0.1) is 12.3 Å². The van der Waals surface area contributed by atoms with E-state index in [9.17, 15) is 4.79 Å². The fraction of sp³-hybridized carbons (Fsp3) is 0.455. The van der Waals surface area contributed by atoms with Crippen molar-refractivity contribution in [3.05, 3.63) is 23.7 Å². The Bertz CT molecular complexity index is 410. The molecule has 1 aromatic heterocycles. The first kappa shape index (κ1) is 12.7. The van der Waals surface area contributed by atoms with Gasteiger partial charge in [0.1, 0.15) is 11.5 Å². The van der Waals surface area contributed by atoms with Gasteiger partial charge in [-0.15, -0.1) is 0 Å². The minimum Gasteiger partial charge on any atom is -0.465 e. The van der Waals surface area contributed by atoms with Crippen molar-refractivity contribution in [1.29, 1.82) is 0 Å². The van der Waals surface area contributed by atoms with Crippen LogP contribution in [0.4, 0.5) is 0 Å². The number of hydrogen-bond acceptors (Lipinski definition) is 3. The molecule has 4 nitrogen and oxygen atoms in total. The summed E-state index contributed by atoms with van der Waals surface area (Å²) in [6.07, 6.45) is 0. The van der Waals surface area contributed by atoms with Gasteiger partial charge in [-0.05, 0) is 32.9 Å². The van der Waals surface area contributed by atoms with Gasteiger partial charge in [0.05, 0.1) is 16.9 Å². The van der Waals surface area contributed by atoms with Crippen LogP contribution in [0.15, 0.2) is 16.5 Å². The third-order valence-electron chi connectivity index (χ3n) is 2.40. The molecule has 0 radical (unpaired) electrons. The van der Waals surface area contributed by atoms with Crippen LogP contribution < -0.4 is 11.1 Å². The number of carbonyl (C=O) groups is 1. The summed E-state index contributed by atoms with van der Waals surface area (Å²) >= 11 is 4.84. The number of furan rings is 1. The van der Waals surface area contributed by atoms with Crippen molar-refractivity contribution in [1.82, 2.24) is 5.32 Å². The molecule has 0 spiro atoms. The molecule has 0 aromatic carbocycles. The second-order valence-corrected chi connectivity index (χ2v) is 4.62. The molecule has 1 amide bonds. The molecule has 16 heavy (non-hydrogen) atoms. The number of thiocarbonyl (C=S) groups is 1. The second-order valence-electron chi connectivity index (χ2n) is 4.18. The summed E-state index contributed by atoms with van der Waals surface area (Å²) in [6, 6.07) is 3.67. The standard InChI is InChI=1S/C11H16N2O2S/c1-7-4-5-8(15-7)6-13-10(14)11(2,3)9(12)16/h4-5H,6H2,1-3H3,(H2,12,16)(H,13,14). The first-order valence-corrected chi connectivity index (χ1v) is 5.38. The maximum atomic E-state index is 11.8. The SMILES string of the molecule is Cc1ccc(CNC(=O)C(C)(C)C(N)=S)o1. The van der Waals surface area contributed by atoms with Gasteiger partial charge in [-0.1, -0.05) is 12.2 Å². The molecule has 0 unspecified atom stereocenters. The summed E-state index contributed by atoms with van der Waals surface area (Å²) in [5.74, 6) is 1.33. The number of hydrogen-bond donors (Lipinski definition) is 2. The van der Waals surface area contributed by atoms with Crippen molar-refractivity contribution < 1.29 is 9.21 Å². The third-order valence-corrected chi connectivity index (χ3v) is 2.91. The second kappa shape index (κ2) is 4.65. The number of nitrogens with two attached hydrogens (primary N) is 1. The summed E-state index contributed by atoms with van der Waals surface area (Å²) in [5, 5.41) is 2.73.